The van der Waals surface area contributed by atoms with Gasteiger partial charge in [0.1, 0.15) is 17.8 Å². The van der Waals surface area contributed by atoms with Crippen molar-refractivity contribution in [3.05, 3.63) is 42.6 Å². The molecule has 1 aliphatic carbocycles. The number of nitrogens with zero attached hydrogens (tertiary/aromatic N) is 4. The first-order valence-corrected chi connectivity index (χ1v) is 10.2. The Labute approximate surface area is 170 Å². The summed E-state index contributed by atoms with van der Waals surface area (Å²) in [5.41, 5.74) is 1.78. The van der Waals surface area contributed by atoms with E-state index in [2.05, 4.69) is 40.0 Å². The summed E-state index contributed by atoms with van der Waals surface area (Å²) < 4.78 is 7.58. The van der Waals surface area contributed by atoms with Crippen LogP contribution in [0.2, 0.25) is 0 Å². The number of carbonyl (C=O) groups is 1. The summed E-state index contributed by atoms with van der Waals surface area (Å²) in [6.07, 6.45) is 9.80. The van der Waals surface area contributed by atoms with Gasteiger partial charge in [-0.2, -0.15) is 5.10 Å². The van der Waals surface area contributed by atoms with Crippen molar-refractivity contribution in [3.63, 3.8) is 0 Å². The fourth-order valence-electron chi connectivity index (χ4n) is 4.17. The van der Waals surface area contributed by atoms with Gasteiger partial charge in [-0.25, -0.2) is 9.97 Å². The Morgan fingerprint density at radius 1 is 1.24 bits per heavy atom. The Kier molecular flexibility index (Phi) is 5.47. The molecule has 152 valence electrons. The second kappa shape index (κ2) is 8.19. The van der Waals surface area contributed by atoms with Gasteiger partial charge in [0.15, 0.2) is 0 Å². The van der Waals surface area contributed by atoms with E-state index in [9.17, 15) is 4.79 Å². The molecule has 0 spiro atoms. The van der Waals surface area contributed by atoms with E-state index in [1.54, 1.807) is 19.4 Å². The van der Waals surface area contributed by atoms with Crippen LogP contribution in [0.1, 0.15) is 56.1 Å². The molecular formula is C22H27N5O2. The molecule has 1 saturated carbocycles. The molecule has 1 fully saturated rings. The van der Waals surface area contributed by atoms with Crippen LogP contribution in [0.5, 0.6) is 5.75 Å². The molecule has 1 N–H and O–H groups in total. The third-order valence-electron chi connectivity index (χ3n) is 5.96. The highest BCUT2D eigenvalue weighted by molar-refractivity contribution is 6.04. The SMILES string of the molecule is COc1cc2nn([C@H]3CC[C@H](C(C)C)CC3)cc2cc1NC(=O)c1ccncn1. The quantitative estimate of drug-likeness (QED) is 0.691. The average Bonchev–Trinajstić information content (AvgIpc) is 3.16. The highest BCUT2D eigenvalue weighted by atomic mass is 16.5. The number of fused-ring (bicyclic) bond motifs is 1. The zero-order valence-corrected chi connectivity index (χ0v) is 17.1. The Bertz CT molecular complexity index is 991. The Morgan fingerprint density at radius 3 is 2.69 bits per heavy atom. The van der Waals surface area contributed by atoms with Crippen LogP contribution in [0, 0.1) is 11.8 Å². The largest absolute Gasteiger partial charge is 0.494 e. The van der Waals surface area contributed by atoms with E-state index in [0.717, 1.165) is 35.6 Å². The third-order valence-corrected chi connectivity index (χ3v) is 5.96. The number of benzene rings is 1. The van der Waals surface area contributed by atoms with Gasteiger partial charge in [-0.15, -0.1) is 0 Å². The normalized spacial score (nSPS) is 19.4. The van der Waals surface area contributed by atoms with Crippen molar-refractivity contribution in [2.75, 3.05) is 12.4 Å². The highest BCUT2D eigenvalue weighted by Crippen LogP contribution is 2.37. The molecule has 29 heavy (non-hydrogen) atoms. The van der Waals surface area contributed by atoms with Crippen molar-refractivity contribution < 1.29 is 9.53 Å². The van der Waals surface area contributed by atoms with Crippen LogP contribution >= 0.6 is 0 Å². The van der Waals surface area contributed by atoms with E-state index in [0.29, 0.717) is 23.2 Å². The number of rotatable bonds is 5. The Hall–Kier alpha value is -2.96. The molecule has 7 nitrogen and oxygen atoms in total. The Morgan fingerprint density at radius 2 is 2.03 bits per heavy atom. The van der Waals surface area contributed by atoms with Crippen LogP contribution in [0.3, 0.4) is 0 Å². The maximum Gasteiger partial charge on any atom is 0.274 e. The number of carbonyl (C=O) groups excluding carboxylic acids is 1. The zero-order chi connectivity index (χ0) is 20.4. The first-order valence-electron chi connectivity index (χ1n) is 10.2. The Balaban J connectivity index is 1.57. The van der Waals surface area contributed by atoms with Crippen LogP contribution in [-0.4, -0.2) is 32.8 Å². The molecule has 2 aromatic heterocycles. The summed E-state index contributed by atoms with van der Waals surface area (Å²) >= 11 is 0. The van der Waals surface area contributed by atoms with Crippen molar-refractivity contribution in [1.29, 1.82) is 0 Å². The van der Waals surface area contributed by atoms with Crippen LogP contribution in [0.25, 0.3) is 10.9 Å². The molecule has 1 amide bonds. The van der Waals surface area contributed by atoms with Crippen molar-refractivity contribution in [3.8, 4) is 5.75 Å². The van der Waals surface area contributed by atoms with E-state index >= 15 is 0 Å². The van der Waals surface area contributed by atoms with E-state index < -0.39 is 0 Å². The number of aromatic nitrogens is 4. The number of anilines is 1. The van der Waals surface area contributed by atoms with Crippen molar-refractivity contribution in [2.45, 2.75) is 45.6 Å². The molecule has 0 atom stereocenters. The number of hydrogen-bond acceptors (Lipinski definition) is 5. The molecule has 0 radical (unpaired) electrons. The maximum absolute atomic E-state index is 12.5. The number of hydrogen-bond donors (Lipinski definition) is 1. The lowest BCUT2D eigenvalue weighted by molar-refractivity contribution is 0.102. The van der Waals surface area contributed by atoms with Crippen LogP contribution in [0.15, 0.2) is 36.9 Å². The van der Waals surface area contributed by atoms with E-state index in [1.165, 1.54) is 19.2 Å². The fraction of sp³-hybridized carbons (Fsp3) is 0.455. The molecule has 0 aliphatic heterocycles. The van der Waals surface area contributed by atoms with Gasteiger partial charge in [-0.05, 0) is 49.7 Å². The van der Waals surface area contributed by atoms with Crippen LogP contribution in [0.4, 0.5) is 5.69 Å². The summed E-state index contributed by atoms with van der Waals surface area (Å²) in [4.78, 5) is 20.3. The summed E-state index contributed by atoms with van der Waals surface area (Å²) in [6, 6.07) is 5.80. The van der Waals surface area contributed by atoms with Gasteiger partial charge in [-0.1, -0.05) is 13.8 Å². The van der Waals surface area contributed by atoms with E-state index in [4.69, 9.17) is 9.84 Å². The molecule has 4 rings (SSSR count). The summed E-state index contributed by atoms with van der Waals surface area (Å²) in [6.45, 7) is 4.63. The van der Waals surface area contributed by atoms with Crippen molar-refractivity contribution in [2.24, 2.45) is 11.8 Å². The number of ether oxygens (including phenoxy) is 1. The topological polar surface area (TPSA) is 81.9 Å². The van der Waals surface area contributed by atoms with Crippen molar-refractivity contribution in [1.82, 2.24) is 19.7 Å². The van der Waals surface area contributed by atoms with Gasteiger partial charge < -0.3 is 10.1 Å². The highest BCUT2D eigenvalue weighted by Gasteiger charge is 2.25. The standard InChI is InChI=1S/C22H27N5O2/c1-14(2)15-4-6-17(7-5-15)27-12-16-10-20(21(29-3)11-19(16)26-27)25-22(28)18-8-9-23-13-24-18/h8-15,17H,4-7H2,1-3H3,(H,25,28)/t15-,17-. The van der Waals surface area contributed by atoms with Crippen molar-refractivity contribution >= 4 is 22.5 Å². The summed E-state index contributed by atoms with van der Waals surface area (Å²) in [5, 5.41) is 8.66. The summed E-state index contributed by atoms with van der Waals surface area (Å²) in [5.74, 6) is 1.84. The molecule has 1 aliphatic rings. The van der Waals surface area contributed by atoms with Gasteiger partial charge in [0, 0.05) is 23.8 Å². The number of methoxy groups -OCH3 is 1. The van der Waals surface area contributed by atoms with E-state index in [-0.39, 0.29) is 5.91 Å². The molecule has 0 bridgehead atoms. The minimum atomic E-state index is -0.301. The average molecular weight is 393 g/mol. The second-order valence-corrected chi connectivity index (χ2v) is 8.08. The monoisotopic (exact) mass is 393 g/mol. The molecule has 3 aromatic rings. The lowest BCUT2D eigenvalue weighted by Gasteiger charge is -2.30. The smallest absolute Gasteiger partial charge is 0.274 e. The van der Waals surface area contributed by atoms with Gasteiger partial charge in [0.2, 0.25) is 0 Å². The van der Waals surface area contributed by atoms with Gasteiger partial charge in [0.25, 0.3) is 5.91 Å². The predicted molar refractivity (Wildman–Crippen MR) is 112 cm³/mol. The first-order chi connectivity index (χ1) is 14.0. The first kappa shape index (κ1) is 19.4. The molecular weight excluding hydrogens is 366 g/mol. The van der Waals surface area contributed by atoms with E-state index in [1.807, 2.05) is 12.1 Å². The van der Waals surface area contributed by atoms with Gasteiger partial charge in [0.05, 0.1) is 24.4 Å². The molecule has 7 heteroatoms. The number of nitrogens with one attached hydrogen (secondary N) is 1. The van der Waals surface area contributed by atoms with Crippen LogP contribution in [-0.2, 0) is 0 Å². The predicted octanol–water partition coefficient (Wildman–Crippen LogP) is 4.47. The maximum atomic E-state index is 12.5. The summed E-state index contributed by atoms with van der Waals surface area (Å²) in [7, 11) is 1.59. The van der Waals surface area contributed by atoms with Crippen LogP contribution < -0.4 is 10.1 Å². The molecule has 0 unspecified atom stereocenters. The zero-order valence-electron chi connectivity index (χ0n) is 17.1. The van der Waals surface area contributed by atoms with Gasteiger partial charge >= 0.3 is 0 Å². The third kappa shape index (κ3) is 4.09. The van der Waals surface area contributed by atoms with Gasteiger partial charge in [-0.3, -0.25) is 9.48 Å². The molecule has 2 heterocycles. The molecule has 1 aromatic carbocycles. The lowest BCUT2D eigenvalue weighted by Crippen LogP contribution is -2.21. The minimum Gasteiger partial charge on any atom is -0.494 e. The fourth-order valence-corrected chi connectivity index (χ4v) is 4.17. The lowest BCUT2D eigenvalue weighted by atomic mass is 9.80. The second-order valence-electron chi connectivity index (χ2n) is 8.08. The molecule has 0 saturated heterocycles. The number of amides is 1. The minimum absolute atomic E-state index is 0.301.